The molecule has 3 heteroatoms. The van der Waals surface area contributed by atoms with Crippen LogP contribution in [0.3, 0.4) is 0 Å². The van der Waals surface area contributed by atoms with Crippen LogP contribution in [0.4, 0.5) is 0 Å². The molecule has 0 saturated carbocycles. The highest BCUT2D eigenvalue weighted by Gasteiger charge is 2.06. The Morgan fingerprint density at radius 2 is 2.12 bits per heavy atom. The first-order valence-electron chi connectivity index (χ1n) is 5.32. The lowest BCUT2D eigenvalue weighted by Gasteiger charge is -2.09. The number of para-hydroxylation sites is 1. The quantitative estimate of drug-likeness (QED) is 0.783. The summed E-state index contributed by atoms with van der Waals surface area (Å²) in [4.78, 5) is 8.16. The van der Waals surface area contributed by atoms with Gasteiger partial charge in [0.1, 0.15) is 17.6 Å². The monoisotopic (exact) mass is 213 g/mol. The summed E-state index contributed by atoms with van der Waals surface area (Å²) in [5, 5.41) is 0. The number of aromatic nitrogens is 2. The fourth-order valence-electron chi connectivity index (χ4n) is 1.40. The van der Waals surface area contributed by atoms with Gasteiger partial charge in [0, 0.05) is 18.0 Å². The van der Waals surface area contributed by atoms with Crippen molar-refractivity contribution in [2.75, 3.05) is 6.61 Å². The van der Waals surface area contributed by atoms with Crippen molar-refractivity contribution in [3.05, 3.63) is 42.9 Å². The van der Waals surface area contributed by atoms with Gasteiger partial charge in [-0.1, -0.05) is 19.1 Å². The standard InChI is InChI=1S/C13H13N2O/c1-2-9-16-13-6-4-3-5-11(13)12-10-14-7-8-15-12/h3-8H,2,9H2,1H3. The summed E-state index contributed by atoms with van der Waals surface area (Å²) in [6, 6.07) is 7.81. The van der Waals surface area contributed by atoms with Crippen LogP contribution in [0.15, 0.2) is 36.7 Å². The molecule has 0 aliphatic carbocycles. The largest absolute Gasteiger partial charge is 0.493 e. The van der Waals surface area contributed by atoms with Crippen LogP contribution >= 0.6 is 0 Å². The van der Waals surface area contributed by atoms with Crippen molar-refractivity contribution in [2.24, 2.45) is 0 Å². The van der Waals surface area contributed by atoms with Crippen LogP contribution in [0.2, 0.25) is 0 Å². The van der Waals surface area contributed by atoms with Gasteiger partial charge in [0.25, 0.3) is 0 Å². The highest BCUT2D eigenvalue weighted by atomic mass is 16.5. The Balaban J connectivity index is 2.33. The van der Waals surface area contributed by atoms with Crippen molar-refractivity contribution in [3.8, 4) is 17.0 Å². The van der Waals surface area contributed by atoms with Gasteiger partial charge in [-0.15, -0.1) is 0 Å². The maximum atomic E-state index is 5.65. The van der Waals surface area contributed by atoms with Crippen LogP contribution in [-0.2, 0) is 0 Å². The number of benzene rings is 1. The van der Waals surface area contributed by atoms with Gasteiger partial charge >= 0.3 is 0 Å². The van der Waals surface area contributed by atoms with Crippen molar-refractivity contribution in [2.45, 2.75) is 13.3 Å². The fraction of sp³-hybridized carbons (Fsp3) is 0.231. The first kappa shape index (κ1) is 10.6. The summed E-state index contributed by atoms with van der Waals surface area (Å²) >= 11 is 0. The van der Waals surface area contributed by atoms with E-state index in [0.717, 1.165) is 17.7 Å². The van der Waals surface area contributed by atoms with E-state index in [-0.39, 0.29) is 0 Å². The first-order valence-corrected chi connectivity index (χ1v) is 5.32. The summed E-state index contributed by atoms with van der Waals surface area (Å²) in [5.41, 5.74) is 1.65. The molecule has 0 aliphatic heterocycles. The summed E-state index contributed by atoms with van der Waals surface area (Å²) in [7, 11) is 0. The molecule has 0 aliphatic rings. The predicted octanol–water partition coefficient (Wildman–Crippen LogP) is 2.73. The van der Waals surface area contributed by atoms with E-state index < -0.39 is 0 Å². The zero-order valence-electron chi connectivity index (χ0n) is 9.18. The molecular weight excluding hydrogens is 200 g/mol. The van der Waals surface area contributed by atoms with Gasteiger partial charge in [-0.25, -0.2) is 0 Å². The number of hydrogen-bond acceptors (Lipinski definition) is 3. The molecule has 0 fully saturated rings. The number of rotatable bonds is 4. The Labute approximate surface area is 95.1 Å². The van der Waals surface area contributed by atoms with Crippen molar-refractivity contribution in [1.29, 1.82) is 0 Å². The van der Waals surface area contributed by atoms with E-state index in [2.05, 4.69) is 23.1 Å². The second-order valence-corrected chi connectivity index (χ2v) is 3.36. The SMILES string of the molecule is CCCOc1ccccc1-c1[c]nccn1. The van der Waals surface area contributed by atoms with Crippen LogP contribution < -0.4 is 4.74 Å². The van der Waals surface area contributed by atoms with Gasteiger partial charge in [-0.3, -0.25) is 9.97 Å². The Kier molecular flexibility index (Phi) is 3.49. The average Bonchev–Trinajstić information content (AvgIpc) is 2.38. The zero-order chi connectivity index (χ0) is 11.2. The van der Waals surface area contributed by atoms with Gasteiger partial charge in [0.05, 0.1) is 6.61 Å². The van der Waals surface area contributed by atoms with Crippen LogP contribution in [0.25, 0.3) is 11.3 Å². The maximum Gasteiger partial charge on any atom is 0.128 e. The van der Waals surface area contributed by atoms with E-state index in [1.54, 1.807) is 12.4 Å². The molecule has 0 N–H and O–H groups in total. The van der Waals surface area contributed by atoms with E-state index in [1.165, 1.54) is 0 Å². The van der Waals surface area contributed by atoms with Crippen LogP contribution in [-0.4, -0.2) is 16.6 Å². The third-order valence-corrected chi connectivity index (χ3v) is 2.12. The van der Waals surface area contributed by atoms with Crippen molar-refractivity contribution in [3.63, 3.8) is 0 Å². The molecule has 2 rings (SSSR count). The van der Waals surface area contributed by atoms with Crippen molar-refractivity contribution in [1.82, 2.24) is 9.97 Å². The molecule has 1 aromatic heterocycles. The molecule has 81 valence electrons. The molecule has 0 spiro atoms. The van der Waals surface area contributed by atoms with E-state index in [4.69, 9.17) is 4.74 Å². The molecular formula is C13H13N2O. The maximum absolute atomic E-state index is 5.65. The minimum atomic E-state index is 0.706. The molecule has 2 aromatic rings. The Hall–Kier alpha value is -1.90. The topological polar surface area (TPSA) is 35.0 Å². The molecule has 1 heterocycles. The van der Waals surface area contributed by atoms with E-state index >= 15 is 0 Å². The minimum absolute atomic E-state index is 0.706. The third kappa shape index (κ3) is 2.37. The van der Waals surface area contributed by atoms with Crippen LogP contribution in [0, 0.1) is 6.20 Å². The molecule has 0 amide bonds. The second-order valence-electron chi connectivity index (χ2n) is 3.36. The van der Waals surface area contributed by atoms with Gasteiger partial charge < -0.3 is 4.74 Å². The third-order valence-electron chi connectivity index (χ3n) is 2.12. The van der Waals surface area contributed by atoms with Crippen LogP contribution in [0.5, 0.6) is 5.75 Å². The highest BCUT2D eigenvalue weighted by Crippen LogP contribution is 2.27. The summed E-state index contributed by atoms with van der Waals surface area (Å²) in [6.45, 7) is 2.79. The lowest BCUT2D eigenvalue weighted by atomic mass is 10.1. The lowest BCUT2D eigenvalue weighted by molar-refractivity contribution is 0.318. The van der Waals surface area contributed by atoms with Gasteiger partial charge in [0.15, 0.2) is 0 Å². The Morgan fingerprint density at radius 1 is 1.25 bits per heavy atom. The summed E-state index contributed by atoms with van der Waals surface area (Å²) in [5.74, 6) is 0.834. The predicted molar refractivity (Wildman–Crippen MR) is 62.1 cm³/mol. The summed E-state index contributed by atoms with van der Waals surface area (Å²) in [6.07, 6.45) is 7.11. The molecule has 16 heavy (non-hydrogen) atoms. The van der Waals surface area contributed by atoms with Crippen LogP contribution in [0.1, 0.15) is 13.3 Å². The summed E-state index contributed by atoms with van der Waals surface area (Å²) < 4.78 is 5.65. The van der Waals surface area contributed by atoms with Crippen molar-refractivity contribution < 1.29 is 4.74 Å². The molecule has 3 nitrogen and oxygen atoms in total. The zero-order valence-corrected chi connectivity index (χ0v) is 9.18. The molecule has 1 radical (unpaired) electrons. The van der Waals surface area contributed by atoms with Gasteiger partial charge in [-0.2, -0.15) is 0 Å². The van der Waals surface area contributed by atoms with E-state index in [1.807, 2.05) is 24.3 Å². The molecule has 0 atom stereocenters. The first-order chi connectivity index (χ1) is 7.92. The normalized spacial score (nSPS) is 10.1. The number of ether oxygens (including phenoxy) is 1. The van der Waals surface area contributed by atoms with E-state index in [9.17, 15) is 0 Å². The molecule has 0 bridgehead atoms. The minimum Gasteiger partial charge on any atom is -0.493 e. The Morgan fingerprint density at radius 3 is 2.88 bits per heavy atom. The fourth-order valence-corrected chi connectivity index (χ4v) is 1.40. The smallest absolute Gasteiger partial charge is 0.128 e. The lowest BCUT2D eigenvalue weighted by Crippen LogP contribution is -1.97. The van der Waals surface area contributed by atoms with Crippen molar-refractivity contribution >= 4 is 0 Å². The molecule has 0 unspecified atom stereocenters. The average molecular weight is 213 g/mol. The van der Waals surface area contributed by atoms with Gasteiger partial charge in [0.2, 0.25) is 0 Å². The number of nitrogens with zero attached hydrogens (tertiary/aromatic N) is 2. The Bertz CT molecular complexity index is 443. The molecule has 1 aromatic carbocycles. The highest BCUT2D eigenvalue weighted by molar-refractivity contribution is 5.65. The van der Waals surface area contributed by atoms with Gasteiger partial charge in [-0.05, 0) is 18.6 Å². The number of hydrogen-bond donors (Lipinski definition) is 0. The second kappa shape index (κ2) is 5.26. The molecule has 0 saturated heterocycles. The van der Waals surface area contributed by atoms with E-state index in [0.29, 0.717) is 12.3 Å².